The van der Waals surface area contributed by atoms with Gasteiger partial charge in [-0.05, 0) is 48.9 Å². The summed E-state index contributed by atoms with van der Waals surface area (Å²) in [7, 11) is 4.90. The molecule has 1 aliphatic heterocycles. The minimum absolute atomic E-state index is 0.162. The van der Waals surface area contributed by atoms with Gasteiger partial charge in [-0.25, -0.2) is 4.98 Å². The van der Waals surface area contributed by atoms with E-state index in [1.54, 1.807) is 27.4 Å². The zero-order valence-electron chi connectivity index (χ0n) is 25.6. The highest BCUT2D eigenvalue weighted by molar-refractivity contribution is 6.04. The zero-order chi connectivity index (χ0) is 31.2. The maximum absolute atomic E-state index is 12.6. The Balaban J connectivity index is 1.32. The van der Waals surface area contributed by atoms with Crippen LogP contribution in [0.2, 0.25) is 0 Å². The summed E-state index contributed by atoms with van der Waals surface area (Å²) < 4.78 is 16.7. The van der Waals surface area contributed by atoms with E-state index in [-0.39, 0.29) is 11.7 Å². The second kappa shape index (κ2) is 13.6. The molecule has 0 atom stereocenters. The van der Waals surface area contributed by atoms with Crippen LogP contribution in [0.3, 0.4) is 0 Å². The minimum Gasteiger partial charge on any atom is -0.493 e. The number of nitrogens with two attached hydrogens (primary N) is 2. The Kier molecular flexibility index (Phi) is 9.47. The summed E-state index contributed by atoms with van der Waals surface area (Å²) in [5.41, 5.74) is 16.8. The number of fused-ring (bicyclic) bond motifs is 1. The Morgan fingerprint density at radius 3 is 2.18 bits per heavy atom. The van der Waals surface area contributed by atoms with Crippen LogP contribution < -0.4 is 31.0 Å². The molecule has 2 heterocycles. The molecule has 1 amide bonds. The molecule has 0 aliphatic carbocycles. The molecule has 1 aliphatic rings. The third-order valence-electron chi connectivity index (χ3n) is 7.70. The summed E-state index contributed by atoms with van der Waals surface area (Å²) in [6.07, 6.45) is 0. The molecule has 1 fully saturated rings. The van der Waals surface area contributed by atoms with Crippen LogP contribution in [0.5, 0.6) is 17.2 Å². The highest BCUT2D eigenvalue weighted by Gasteiger charge is 2.22. The van der Waals surface area contributed by atoms with Crippen LogP contribution >= 0.6 is 0 Å². The number of nitrogens with zero attached hydrogens (tertiary/aromatic N) is 4. The topological polar surface area (TPSA) is 141 Å². The van der Waals surface area contributed by atoms with Crippen LogP contribution in [0.15, 0.2) is 65.7 Å². The number of carbonyl (C=O) groups excluding carboxylic acids is 1. The number of methoxy groups -OCH3 is 3. The van der Waals surface area contributed by atoms with Gasteiger partial charge >= 0.3 is 0 Å². The molecule has 1 aromatic heterocycles. The van der Waals surface area contributed by atoms with Gasteiger partial charge in [0, 0.05) is 55.9 Å². The van der Waals surface area contributed by atoms with Crippen molar-refractivity contribution in [2.24, 2.45) is 16.5 Å². The zero-order valence-corrected chi connectivity index (χ0v) is 25.6. The van der Waals surface area contributed by atoms with Crippen LogP contribution in [-0.4, -0.2) is 74.2 Å². The fourth-order valence-corrected chi connectivity index (χ4v) is 5.44. The SMILES string of the molecule is COc1ccc(CN2CCN(Cc3ccc4nc(C(=O)N=C(N)N)cc(Nc5ccc(C)cc5)c4c3)CC2)c(OC)c1OC. The monoisotopic (exact) mass is 597 g/mol. The van der Waals surface area contributed by atoms with Crippen molar-refractivity contribution in [2.75, 3.05) is 52.8 Å². The lowest BCUT2D eigenvalue weighted by Crippen LogP contribution is -2.45. The fraction of sp³-hybridized carbons (Fsp3) is 0.303. The Morgan fingerprint density at radius 1 is 0.864 bits per heavy atom. The van der Waals surface area contributed by atoms with Crippen molar-refractivity contribution in [3.8, 4) is 17.2 Å². The van der Waals surface area contributed by atoms with Gasteiger partial charge in [0.25, 0.3) is 5.91 Å². The molecular formula is C33H39N7O4. The Bertz CT molecular complexity index is 1660. The first-order valence-corrected chi connectivity index (χ1v) is 14.4. The largest absolute Gasteiger partial charge is 0.493 e. The second-order valence-electron chi connectivity index (χ2n) is 10.8. The van der Waals surface area contributed by atoms with E-state index < -0.39 is 5.91 Å². The normalized spacial score (nSPS) is 13.8. The summed E-state index contributed by atoms with van der Waals surface area (Å²) in [6, 6.07) is 19.8. The van der Waals surface area contributed by atoms with E-state index in [0.29, 0.717) is 22.8 Å². The minimum atomic E-state index is -0.591. The third-order valence-corrected chi connectivity index (χ3v) is 7.70. The predicted molar refractivity (Wildman–Crippen MR) is 173 cm³/mol. The standard InChI is InChI=1S/C33H39N7O4/c1-21-5-9-24(10-6-21)36-27-18-28(32(41)38-33(34)35)37-26-11-7-22(17-25(26)27)19-39-13-15-40(16-14-39)20-23-8-12-29(42-2)31(44-4)30(23)43-3/h5-12,17-18H,13-16,19-20H2,1-4H3,(H,36,37)(H4,34,35,38,41). The maximum Gasteiger partial charge on any atom is 0.298 e. The number of benzene rings is 3. The molecule has 0 bridgehead atoms. The van der Waals surface area contributed by atoms with E-state index in [9.17, 15) is 4.79 Å². The van der Waals surface area contributed by atoms with Gasteiger partial charge in [0.2, 0.25) is 5.75 Å². The summed E-state index contributed by atoms with van der Waals surface area (Å²) >= 11 is 0. The van der Waals surface area contributed by atoms with Gasteiger partial charge in [-0.1, -0.05) is 29.8 Å². The van der Waals surface area contributed by atoms with Crippen molar-refractivity contribution in [3.05, 3.63) is 83.0 Å². The van der Waals surface area contributed by atoms with E-state index in [1.807, 2.05) is 49.4 Å². The number of nitrogens with one attached hydrogen (secondary N) is 1. The molecule has 0 spiro atoms. The number of aliphatic imine (C=N–C) groups is 1. The van der Waals surface area contributed by atoms with Crippen LogP contribution in [0.1, 0.15) is 27.2 Å². The number of carbonyl (C=O) groups is 1. The number of piperazine rings is 1. The van der Waals surface area contributed by atoms with Gasteiger partial charge in [-0.15, -0.1) is 0 Å². The number of aromatic nitrogens is 1. The van der Waals surface area contributed by atoms with Crippen molar-refractivity contribution in [1.29, 1.82) is 0 Å². The number of amides is 1. The molecule has 230 valence electrons. The lowest BCUT2D eigenvalue weighted by Gasteiger charge is -2.35. The van der Waals surface area contributed by atoms with Gasteiger partial charge in [-0.3, -0.25) is 14.6 Å². The number of rotatable bonds is 10. The molecule has 11 heteroatoms. The Morgan fingerprint density at radius 2 is 1.55 bits per heavy atom. The number of aryl methyl sites for hydroxylation is 1. The molecule has 1 saturated heterocycles. The number of anilines is 2. The second-order valence-corrected chi connectivity index (χ2v) is 10.8. The summed E-state index contributed by atoms with van der Waals surface area (Å²) in [5, 5.41) is 4.36. The first kappa shape index (κ1) is 30.6. The highest BCUT2D eigenvalue weighted by Crippen LogP contribution is 2.40. The average molecular weight is 598 g/mol. The van der Waals surface area contributed by atoms with E-state index >= 15 is 0 Å². The molecule has 44 heavy (non-hydrogen) atoms. The number of hydrogen-bond donors (Lipinski definition) is 3. The van der Waals surface area contributed by atoms with Crippen LogP contribution in [0.25, 0.3) is 10.9 Å². The lowest BCUT2D eigenvalue weighted by atomic mass is 10.1. The highest BCUT2D eigenvalue weighted by atomic mass is 16.5. The van der Waals surface area contributed by atoms with Gasteiger partial charge in [0.15, 0.2) is 17.5 Å². The summed E-state index contributed by atoms with van der Waals surface area (Å²) in [4.78, 5) is 25.8. The molecule has 0 unspecified atom stereocenters. The number of ether oxygens (including phenoxy) is 3. The summed E-state index contributed by atoms with van der Waals surface area (Å²) in [6.45, 7) is 7.28. The maximum atomic E-state index is 12.6. The number of hydrogen-bond acceptors (Lipinski definition) is 8. The Labute approximate surface area is 257 Å². The fourth-order valence-electron chi connectivity index (χ4n) is 5.44. The molecule has 0 saturated carbocycles. The van der Waals surface area contributed by atoms with Crippen LogP contribution in [0.4, 0.5) is 11.4 Å². The molecule has 5 rings (SSSR count). The first-order valence-electron chi connectivity index (χ1n) is 14.4. The molecular weight excluding hydrogens is 558 g/mol. The van der Waals surface area contributed by atoms with Crippen LogP contribution in [0, 0.1) is 6.92 Å². The van der Waals surface area contributed by atoms with E-state index in [2.05, 4.69) is 37.2 Å². The number of guanidine groups is 1. The molecule has 3 aromatic carbocycles. The molecule has 0 radical (unpaired) electrons. The summed E-state index contributed by atoms with van der Waals surface area (Å²) in [5.74, 6) is 1.07. The smallest absolute Gasteiger partial charge is 0.298 e. The van der Waals surface area contributed by atoms with E-state index in [4.69, 9.17) is 25.7 Å². The first-order chi connectivity index (χ1) is 21.3. The van der Waals surface area contributed by atoms with Gasteiger partial charge in [0.05, 0.1) is 32.5 Å². The van der Waals surface area contributed by atoms with E-state index in [1.165, 1.54) is 0 Å². The molecule has 11 nitrogen and oxygen atoms in total. The number of pyridine rings is 1. The lowest BCUT2D eigenvalue weighted by molar-refractivity contribution is 0.0998. The Hall–Kier alpha value is -4.87. The van der Waals surface area contributed by atoms with Gasteiger partial charge in [-0.2, -0.15) is 4.99 Å². The van der Waals surface area contributed by atoms with E-state index in [0.717, 1.165) is 72.7 Å². The third kappa shape index (κ3) is 7.01. The van der Waals surface area contributed by atoms with Crippen LogP contribution in [-0.2, 0) is 13.1 Å². The van der Waals surface area contributed by atoms with Crippen molar-refractivity contribution in [2.45, 2.75) is 20.0 Å². The quantitative estimate of drug-likeness (QED) is 0.181. The van der Waals surface area contributed by atoms with Crippen molar-refractivity contribution >= 4 is 34.1 Å². The molecule has 5 N–H and O–H groups in total. The van der Waals surface area contributed by atoms with Crippen molar-refractivity contribution in [3.63, 3.8) is 0 Å². The predicted octanol–water partition coefficient (Wildman–Crippen LogP) is 4.04. The average Bonchev–Trinajstić information content (AvgIpc) is 3.02. The van der Waals surface area contributed by atoms with Crippen molar-refractivity contribution in [1.82, 2.24) is 14.8 Å². The van der Waals surface area contributed by atoms with Gasteiger partial charge < -0.3 is 31.0 Å². The molecule has 4 aromatic rings. The van der Waals surface area contributed by atoms with Gasteiger partial charge in [0.1, 0.15) is 5.69 Å². The van der Waals surface area contributed by atoms with Crippen molar-refractivity contribution < 1.29 is 19.0 Å².